The first-order chi connectivity index (χ1) is 10.1. The van der Waals surface area contributed by atoms with Crippen LogP contribution in [-0.2, 0) is 0 Å². The average molecular weight is 329 g/mol. The molecule has 3 aliphatic carbocycles. The maximum Gasteiger partial charge on any atom is 0.142 e. The second-order valence-electron chi connectivity index (χ2n) is 7.18. The van der Waals surface area contributed by atoms with Gasteiger partial charge in [-0.1, -0.05) is 18.2 Å². The number of hydrogen-bond acceptors (Lipinski definition) is 0. The first-order valence-electron chi connectivity index (χ1n) is 8.57. The summed E-state index contributed by atoms with van der Waals surface area (Å²) in [6.45, 7) is 0. The van der Waals surface area contributed by atoms with Crippen LogP contribution in [0.4, 0.5) is 4.39 Å². The number of hydrogen-bond donors (Lipinski definition) is 0. The Hall–Kier alpha value is 0.130. The van der Waals surface area contributed by atoms with Crippen molar-refractivity contribution in [3.05, 3.63) is 23.8 Å². The molecule has 0 heterocycles. The number of rotatable bonds is 2. The van der Waals surface area contributed by atoms with E-state index in [0.717, 1.165) is 35.9 Å². The molecule has 3 rings (SSSR count). The lowest BCUT2D eigenvalue weighted by Crippen LogP contribution is -2.30. The van der Waals surface area contributed by atoms with Crippen LogP contribution in [0.5, 0.6) is 0 Å². The Labute approximate surface area is 135 Å². The minimum Gasteiger partial charge on any atom is -0.241 e. The van der Waals surface area contributed by atoms with E-state index in [1.54, 1.807) is 6.08 Å². The van der Waals surface area contributed by atoms with E-state index in [4.69, 9.17) is 11.6 Å². The Balaban J connectivity index is 1.53. The fourth-order valence-corrected chi connectivity index (χ4v) is 5.16. The van der Waals surface area contributed by atoms with E-state index in [9.17, 15) is 4.39 Å². The van der Waals surface area contributed by atoms with E-state index in [-0.39, 0.29) is 0 Å². The summed E-state index contributed by atoms with van der Waals surface area (Å²) in [4.78, 5) is 0. The minimum atomic E-state index is -0.967. The highest BCUT2D eigenvalue weighted by Crippen LogP contribution is 2.44. The zero-order valence-electron chi connectivity index (χ0n) is 12.7. The van der Waals surface area contributed by atoms with Crippen molar-refractivity contribution in [3.63, 3.8) is 0 Å². The molecule has 0 aliphatic heterocycles. The van der Waals surface area contributed by atoms with E-state index >= 15 is 0 Å². The molecule has 0 nitrogen and oxygen atoms in total. The second-order valence-corrected chi connectivity index (χ2v) is 8.63. The van der Waals surface area contributed by atoms with Crippen molar-refractivity contribution in [2.24, 2.45) is 17.8 Å². The van der Waals surface area contributed by atoms with Gasteiger partial charge in [-0.2, -0.15) is 0 Å². The molecule has 0 bridgehead atoms. The summed E-state index contributed by atoms with van der Waals surface area (Å²) in [6, 6.07) is 0. The van der Waals surface area contributed by atoms with Crippen LogP contribution in [-0.4, -0.2) is 17.2 Å². The van der Waals surface area contributed by atoms with Gasteiger partial charge in [-0.05, 0) is 80.4 Å². The van der Waals surface area contributed by atoms with Crippen molar-refractivity contribution in [3.8, 4) is 0 Å². The van der Waals surface area contributed by atoms with Crippen molar-refractivity contribution < 1.29 is 4.39 Å². The fourth-order valence-electron chi connectivity index (χ4n) is 4.55. The van der Waals surface area contributed by atoms with Gasteiger partial charge in [-0.15, -0.1) is 20.8 Å². The summed E-state index contributed by atoms with van der Waals surface area (Å²) < 4.78 is 14.3. The first-order valence-corrected chi connectivity index (χ1v) is 9.67. The minimum absolute atomic E-state index is 0.431. The van der Waals surface area contributed by atoms with Crippen LogP contribution >= 0.6 is 20.8 Å². The lowest BCUT2D eigenvalue weighted by Gasteiger charge is -2.38. The Kier molecular flexibility index (Phi) is 5.44. The van der Waals surface area contributed by atoms with E-state index in [0.29, 0.717) is 5.92 Å². The molecule has 3 atom stereocenters. The molecule has 2 saturated carbocycles. The fraction of sp³-hybridized carbons (Fsp3) is 0.778. The van der Waals surface area contributed by atoms with Gasteiger partial charge in [0.15, 0.2) is 0 Å². The smallest absolute Gasteiger partial charge is 0.142 e. The van der Waals surface area contributed by atoms with Gasteiger partial charge in [0.25, 0.3) is 0 Å². The van der Waals surface area contributed by atoms with Gasteiger partial charge < -0.3 is 0 Å². The van der Waals surface area contributed by atoms with Gasteiger partial charge in [-0.25, -0.2) is 4.39 Å². The van der Waals surface area contributed by atoms with Crippen molar-refractivity contribution in [1.29, 1.82) is 0 Å². The Morgan fingerprint density at radius 2 is 1.52 bits per heavy atom. The molecule has 2 fully saturated rings. The van der Waals surface area contributed by atoms with Crippen molar-refractivity contribution in [2.45, 2.75) is 68.6 Å². The quantitative estimate of drug-likeness (QED) is 0.452. The van der Waals surface area contributed by atoms with Gasteiger partial charge in [0, 0.05) is 0 Å². The zero-order chi connectivity index (χ0) is 14.8. The Morgan fingerprint density at radius 3 is 2.14 bits per heavy atom. The molecule has 3 heteroatoms. The molecular weight excluding hydrogens is 302 g/mol. The number of alkyl halides is 2. The molecule has 3 aliphatic rings. The van der Waals surface area contributed by atoms with Gasteiger partial charge in [0.1, 0.15) is 6.17 Å². The highest BCUT2D eigenvalue weighted by atomic mass is 35.5. The van der Waals surface area contributed by atoms with Crippen LogP contribution in [0, 0.1) is 17.8 Å². The molecule has 21 heavy (non-hydrogen) atoms. The monoisotopic (exact) mass is 328 g/mol. The lowest BCUT2D eigenvalue weighted by atomic mass is 9.69. The maximum atomic E-state index is 14.3. The first kappa shape index (κ1) is 16.0. The van der Waals surface area contributed by atoms with Crippen LogP contribution in [0.2, 0.25) is 0 Å². The van der Waals surface area contributed by atoms with Crippen LogP contribution < -0.4 is 0 Å². The third kappa shape index (κ3) is 3.73. The van der Waals surface area contributed by atoms with E-state index in [1.165, 1.54) is 38.5 Å². The molecule has 0 spiro atoms. The standard InChI is InChI=1S/C18H27ClFP/c19-17-3-1-2-16(18(17)20)14-6-4-12(5-7-14)13-8-10-15(21)11-9-13/h1-3,12-15,17-18H,4-11,21H2. The van der Waals surface area contributed by atoms with Crippen molar-refractivity contribution >= 4 is 20.8 Å². The molecular formula is C18H27ClFP. The summed E-state index contributed by atoms with van der Waals surface area (Å²) in [7, 11) is 2.99. The number of allylic oxidation sites excluding steroid dienone is 4. The molecule has 0 aromatic rings. The maximum absolute atomic E-state index is 14.3. The van der Waals surface area contributed by atoms with E-state index < -0.39 is 11.5 Å². The Bertz CT molecular complexity index is 403. The summed E-state index contributed by atoms with van der Waals surface area (Å²) in [5.41, 5.74) is 1.81. The van der Waals surface area contributed by atoms with Gasteiger partial charge in [0.05, 0.1) is 5.38 Å². The van der Waals surface area contributed by atoms with Crippen LogP contribution in [0.15, 0.2) is 23.8 Å². The van der Waals surface area contributed by atoms with Gasteiger partial charge >= 0.3 is 0 Å². The predicted octanol–water partition coefficient (Wildman–Crippen LogP) is 5.67. The molecule has 0 aromatic carbocycles. The van der Waals surface area contributed by atoms with E-state index in [2.05, 4.69) is 9.24 Å². The van der Waals surface area contributed by atoms with Crippen LogP contribution in [0.25, 0.3) is 0 Å². The predicted molar refractivity (Wildman–Crippen MR) is 92.7 cm³/mol. The third-order valence-corrected chi connectivity index (χ3v) is 6.94. The SMILES string of the molecule is FC1C(C2CCC(C3CCC(P)CC3)CC2)=CC=CC1Cl. The summed E-state index contributed by atoms with van der Waals surface area (Å²) in [5.74, 6) is 2.26. The van der Waals surface area contributed by atoms with Crippen LogP contribution in [0.3, 0.4) is 0 Å². The molecule has 0 saturated heterocycles. The van der Waals surface area contributed by atoms with E-state index in [1.807, 2.05) is 12.2 Å². The molecule has 118 valence electrons. The normalized spacial score (nSPS) is 44.4. The summed E-state index contributed by atoms with van der Waals surface area (Å²) in [5, 5.41) is -0.458. The Morgan fingerprint density at radius 1 is 0.952 bits per heavy atom. The van der Waals surface area contributed by atoms with Gasteiger partial charge in [-0.3, -0.25) is 0 Å². The molecule has 0 aromatic heterocycles. The molecule has 0 N–H and O–H groups in total. The highest BCUT2D eigenvalue weighted by Gasteiger charge is 2.34. The number of halogens is 2. The highest BCUT2D eigenvalue weighted by molar-refractivity contribution is 7.17. The molecule has 0 radical (unpaired) electrons. The average Bonchev–Trinajstić information content (AvgIpc) is 2.51. The molecule has 0 amide bonds. The third-order valence-electron chi connectivity index (χ3n) is 5.91. The van der Waals surface area contributed by atoms with Crippen LogP contribution in [0.1, 0.15) is 51.4 Å². The van der Waals surface area contributed by atoms with Crippen molar-refractivity contribution in [1.82, 2.24) is 0 Å². The topological polar surface area (TPSA) is 0 Å². The summed E-state index contributed by atoms with van der Waals surface area (Å²) in [6.07, 6.45) is 15.2. The lowest BCUT2D eigenvalue weighted by molar-refractivity contribution is 0.172. The molecule has 3 unspecified atom stereocenters. The zero-order valence-corrected chi connectivity index (χ0v) is 14.6. The second kappa shape index (κ2) is 7.14. The van der Waals surface area contributed by atoms with Crippen molar-refractivity contribution in [2.75, 3.05) is 0 Å². The summed E-state index contributed by atoms with van der Waals surface area (Å²) >= 11 is 6.04. The largest absolute Gasteiger partial charge is 0.241 e. The van der Waals surface area contributed by atoms with Gasteiger partial charge in [0.2, 0.25) is 0 Å².